The molecule has 1 aromatic heterocycles. The van der Waals surface area contributed by atoms with Crippen LogP contribution in [-0.4, -0.2) is 52.7 Å². The molecule has 2 aromatic carbocycles. The molecule has 1 aliphatic rings. The summed E-state index contributed by atoms with van der Waals surface area (Å²) < 4.78 is 5.54. The van der Waals surface area contributed by atoms with Crippen LogP contribution >= 0.6 is 11.8 Å². The SMILES string of the molecule is CSCC[C@@H](NC(=O)c1ncccc1NC(=O)OCC1c2ccccc2-c2ccccc21)C(=O)O. The number of carboxylic acid groups (broad SMARTS) is 1. The van der Waals surface area contributed by atoms with Crippen LogP contribution < -0.4 is 10.6 Å². The molecular weight excluding hydrogens is 466 g/mol. The maximum Gasteiger partial charge on any atom is 0.411 e. The number of amides is 2. The highest BCUT2D eigenvalue weighted by Crippen LogP contribution is 2.44. The van der Waals surface area contributed by atoms with E-state index in [1.807, 2.05) is 42.7 Å². The number of aromatic nitrogens is 1. The van der Waals surface area contributed by atoms with Gasteiger partial charge in [-0.25, -0.2) is 14.6 Å². The van der Waals surface area contributed by atoms with Crippen LogP contribution in [0.2, 0.25) is 0 Å². The van der Waals surface area contributed by atoms with Crippen molar-refractivity contribution in [3.05, 3.63) is 83.7 Å². The number of fused-ring (bicyclic) bond motifs is 3. The van der Waals surface area contributed by atoms with Gasteiger partial charge in [-0.05, 0) is 52.8 Å². The first-order valence-corrected chi connectivity index (χ1v) is 12.5. The quantitative estimate of drug-likeness (QED) is 0.407. The van der Waals surface area contributed by atoms with Gasteiger partial charge in [0.2, 0.25) is 0 Å². The summed E-state index contributed by atoms with van der Waals surface area (Å²) in [5.74, 6) is -1.34. The standard InChI is InChI=1S/C26H25N3O5S/c1-35-14-12-22(25(31)32)28-24(30)23-21(11-6-13-27-23)29-26(33)34-15-20-18-9-4-2-7-16(18)17-8-3-5-10-19(17)20/h2-11,13,20,22H,12,14-15H2,1H3,(H,28,30)(H,29,33)(H,31,32)/t22-/m1/s1. The molecule has 3 aromatic rings. The Hall–Kier alpha value is -3.85. The summed E-state index contributed by atoms with van der Waals surface area (Å²) in [6, 6.07) is 18.1. The minimum absolute atomic E-state index is 0.0867. The number of thioether (sulfide) groups is 1. The Morgan fingerprint density at radius 3 is 2.31 bits per heavy atom. The molecule has 2 amide bonds. The second-order valence-electron chi connectivity index (χ2n) is 8.00. The van der Waals surface area contributed by atoms with Crippen molar-refractivity contribution in [2.24, 2.45) is 0 Å². The number of hydrogen-bond acceptors (Lipinski definition) is 6. The number of anilines is 1. The monoisotopic (exact) mass is 491 g/mol. The van der Waals surface area contributed by atoms with E-state index in [0.717, 1.165) is 22.3 Å². The van der Waals surface area contributed by atoms with Crippen LogP contribution in [0.5, 0.6) is 0 Å². The summed E-state index contributed by atoms with van der Waals surface area (Å²) in [4.78, 5) is 40.9. The fourth-order valence-corrected chi connectivity index (χ4v) is 4.62. The number of hydrogen-bond donors (Lipinski definition) is 3. The van der Waals surface area contributed by atoms with Crippen molar-refractivity contribution >= 4 is 35.4 Å². The van der Waals surface area contributed by atoms with Gasteiger partial charge in [-0.1, -0.05) is 48.5 Å². The molecule has 0 unspecified atom stereocenters. The lowest BCUT2D eigenvalue weighted by molar-refractivity contribution is -0.139. The summed E-state index contributed by atoms with van der Waals surface area (Å²) in [5.41, 5.74) is 4.48. The zero-order chi connectivity index (χ0) is 24.8. The van der Waals surface area contributed by atoms with Gasteiger partial charge in [-0.3, -0.25) is 10.1 Å². The zero-order valence-electron chi connectivity index (χ0n) is 19.1. The van der Waals surface area contributed by atoms with E-state index in [-0.39, 0.29) is 30.3 Å². The van der Waals surface area contributed by atoms with Crippen molar-refractivity contribution in [1.29, 1.82) is 0 Å². The molecule has 0 bridgehead atoms. The maximum atomic E-state index is 12.7. The molecule has 4 rings (SSSR count). The molecular formula is C26H25N3O5S. The number of ether oxygens (including phenoxy) is 1. The average molecular weight is 492 g/mol. The van der Waals surface area contributed by atoms with Crippen molar-refractivity contribution in [3.8, 4) is 11.1 Å². The second kappa shape index (κ2) is 11.1. The van der Waals surface area contributed by atoms with Gasteiger partial charge in [0.05, 0.1) is 5.69 Å². The number of rotatable bonds is 9. The fraction of sp³-hybridized carbons (Fsp3) is 0.231. The normalized spacial score (nSPS) is 12.8. The molecule has 35 heavy (non-hydrogen) atoms. The van der Waals surface area contributed by atoms with Crippen molar-refractivity contribution in [2.45, 2.75) is 18.4 Å². The molecule has 180 valence electrons. The van der Waals surface area contributed by atoms with Crippen LogP contribution in [0.3, 0.4) is 0 Å². The number of benzene rings is 2. The largest absolute Gasteiger partial charge is 0.480 e. The molecule has 0 saturated carbocycles. The molecule has 1 aliphatic carbocycles. The number of carbonyl (C=O) groups is 3. The lowest BCUT2D eigenvalue weighted by Crippen LogP contribution is -2.41. The van der Waals surface area contributed by atoms with Crippen LogP contribution in [0.25, 0.3) is 11.1 Å². The Morgan fingerprint density at radius 1 is 1.03 bits per heavy atom. The van der Waals surface area contributed by atoms with Gasteiger partial charge in [0.1, 0.15) is 12.6 Å². The van der Waals surface area contributed by atoms with Crippen LogP contribution in [0.4, 0.5) is 10.5 Å². The molecule has 0 spiro atoms. The van der Waals surface area contributed by atoms with Crippen molar-refractivity contribution in [3.63, 3.8) is 0 Å². The predicted molar refractivity (Wildman–Crippen MR) is 135 cm³/mol. The summed E-state index contributed by atoms with van der Waals surface area (Å²) in [5, 5.41) is 14.4. The van der Waals surface area contributed by atoms with Crippen molar-refractivity contribution in [2.75, 3.05) is 23.9 Å². The van der Waals surface area contributed by atoms with Gasteiger partial charge in [-0.15, -0.1) is 0 Å². The maximum absolute atomic E-state index is 12.7. The highest BCUT2D eigenvalue weighted by Gasteiger charge is 2.29. The molecule has 9 heteroatoms. The minimum Gasteiger partial charge on any atom is -0.480 e. The van der Waals surface area contributed by atoms with E-state index in [9.17, 15) is 19.5 Å². The Labute approximate surface area is 207 Å². The number of pyridine rings is 1. The summed E-state index contributed by atoms with van der Waals surface area (Å²) in [6.45, 7) is 0.122. The molecule has 0 fully saturated rings. The highest BCUT2D eigenvalue weighted by molar-refractivity contribution is 7.98. The molecule has 3 N–H and O–H groups in total. The number of nitrogens with zero attached hydrogens (tertiary/aromatic N) is 1. The molecule has 0 radical (unpaired) electrons. The summed E-state index contributed by atoms with van der Waals surface area (Å²) in [7, 11) is 0. The van der Waals surface area contributed by atoms with E-state index in [1.165, 1.54) is 24.0 Å². The number of aliphatic carboxylic acids is 1. The fourth-order valence-electron chi connectivity index (χ4n) is 4.15. The van der Waals surface area contributed by atoms with Gasteiger partial charge >= 0.3 is 12.1 Å². The topological polar surface area (TPSA) is 118 Å². The summed E-state index contributed by atoms with van der Waals surface area (Å²) >= 11 is 1.49. The first-order valence-electron chi connectivity index (χ1n) is 11.1. The molecule has 0 aliphatic heterocycles. The van der Waals surface area contributed by atoms with Crippen LogP contribution in [0, 0.1) is 0 Å². The Morgan fingerprint density at radius 2 is 1.69 bits per heavy atom. The van der Waals surface area contributed by atoms with Crippen LogP contribution in [0.1, 0.15) is 34.0 Å². The molecule has 1 atom stereocenters. The van der Waals surface area contributed by atoms with Crippen molar-refractivity contribution < 1.29 is 24.2 Å². The van der Waals surface area contributed by atoms with Crippen LogP contribution in [-0.2, 0) is 9.53 Å². The van der Waals surface area contributed by atoms with Gasteiger partial charge in [0.25, 0.3) is 5.91 Å². The van der Waals surface area contributed by atoms with E-state index in [0.29, 0.717) is 5.75 Å². The lowest BCUT2D eigenvalue weighted by atomic mass is 9.98. The zero-order valence-corrected chi connectivity index (χ0v) is 19.9. The number of carbonyl (C=O) groups excluding carboxylic acids is 2. The van der Waals surface area contributed by atoms with E-state index < -0.39 is 24.0 Å². The van der Waals surface area contributed by atoms with E-state index in [2.05, 4.69) is 27.8 Å². The van der Waals surface area contributed by atoms with Gasteiger partial charge in [-0.2, -0.15) is 11.8 Å². The first-order chi connectivity index (χ1) is 17.0. The first kappa shape index (κ1) is 24.3. The minimum atomic E-state index is -1.13. The van der Waals surface area contributed by atoms with Gasteiger partial charge in [0.15, 0.2) is 5.69 Å². The van der Waals surface area contributed by atoms with Gasteiger partial charge < -0.3 is 15.2 Å². The predicted octanol–water partition coefficient (Wildman–Crippen LogP) is 4.38. The smallest absolute Gasteiger partial charge is 0.411 e. The third-order valence-corrected chi connectivity index (χ3v) is 6.46. The summed E-state index contributed by atoms with van der Waals surface area (Å²) in [6.07, 6.45) is 2.79. The lowest BCUT2D eigenvalue weighted by Gasteiger charge is -2.16. The number of nitrogens with one attached hydrogen (secondary N) is 2. The average Bonchev–Trinajstić information content (AvgIpc) is 3.19. The van der Waals surface area contributed by atoms with E-state index in [4.69, 9.17) is 4.74 Å². The molecule has 1 heterocycles. The number of carboxylic acids is 1. The Bertz CT molecular complexity index is 1200. The van der Waals surface area contributed by atoms with Crippen molar-refractivity contribution in [1.82, 2.24) is 10.3 Å². The Kier molecular flexibility index (Phi) is 7.67. The van der Waals surface area contributed by atoms with E-state index >= 15 is 0 Å². The third kappa shape index (κ3) is 5.46. The van der Waals surface area contributed by atoms with Crippen LogP contribution in [0.15, 0.2) is 66.9 Å². The Balaban J connectivity index is 1.43. The second-order valence-corrected chi connectivity index (χ2v) is 8.98. The molecule has 8 nitrogen and oxygen atoms in total. The highest BCUT2D eigenvalue weighted by atomic mass is 32.2. The van der Waals surface area contributed by atoms with E-state index in [1.54, 1.807) is 6.07 Å². The third-order valence-electron chi connectivity index (χ3n) is 5.82. The molecule has 0 saturated heterocycles. The van der Waals surface area contributed by atoms with Gasteiger partial charge in [0, 0.05) is 12.1 Å².